The van der Waals surface area contributed by atoms with Crippen LogP contribution in [0.1, 0.15) is 34.1 Å². The molecule has 96 valence electrons. The van der Waals surface area contributed by atoms with Crippen LogP contribution >= 0.6 is 0 Å². The van der Waals surface area contributed by atoms with Crippen LogP contribution in [0.25, 0.3) is 0 Å². The summed E-state index contributed by atoms with van der Waals surface area (Å²) < 4.78 is 4.40. The molecule has 1 atom stereocenters. The molecule has 0 saturated heterocycles. The Balaban J connectivity index is 2.82. The SMILES string of the molecule is CCC(O)C(=O)OC(=O)c1cccc(C(=O)O)c1. The van der Waals surface area contributed by atoms with E-state index in [1.807, 2.05) is 0 Å². The largest absolute Gasteiger partial charge is 0.478 e. The summed E-state index contributed by atoms with van der Waals surface area (Å²) in [6, 6.07) is 5.08. The molecule has 1 aromatic rings. The van der Waals surface area contributed by atoms with Crippen molar-refractivity contribution in [2.75, 3.05) is 0 Å². The van der Waals surface area contributed by atoms with Crippen LogP contribution in [0, 0.1) is 0 Å². The number of hydrogen-bond donors (Lipinski definition) is 2. The second-order valence-electron chi connectivity index (χ2n) is 3.52. The number of hydrogen-bond acceptors (Lipinski definition) is 5. The van der Waals surface area contributed by atoms with Gasteiger partial charge >= 0.3 is 17.9 Å². The van der Waals surface area contributed by atoms with Gasteiger partial charge in [0.2, 0.25) is 0 Å². The highest BCUT2D eigenvalue weighted by atomic mass is 16.6. The number of esters is 2. The molecule has 6 heteroatoms. The molecule has 0 aliphatic heterocycles. The highest BCUT2D eigenvalue weighted by Gasteiger charge is 2.20. The Hall–Kier alpha value is -2.21. The summed E-state index contributed by atoms with van der Waals surface area (Å²) in [6.07, 6.45) is -1.24. The van der Waals surface area contributed by atoms with E-state index < -0.39 is 24.0 Å². The zero-order chi connectivity index (χ0) is 13.7. The highest BCUT2D eigenvalue weighted by Crippen LogP contribution is 2.08. The van der Waals surface area contributed by atoms with Gasteiger partial charge in [-0.2, -0.15) is 0 Å². The molecule has 1 aromatic carbocycles. The Morgan fingerprint density at radius 2 is 1.89 bits per heavy atom. The monoisotopic (exact) mass is 252 g/mol. The first-order valence-electron chi connectivity index (χ1n) is 5.23. The van der Waals surface area contributed by atoms with Crippen molar-refractivity contribution in [1.82, 2.24) is 0 Å². The van der Waals surface area contributed by atoms with Crippen LogP contribution in [0.5, 0.6) is 0 Å². The molecule has 0 bridgehead atoms. The third-order valence-electron chi connectivity index (χ3n) is 2.20. The lowest BCUT2D eigenvalue weighted by Gasteiger charge is -2.07. The maximum atomic E-state index is 11.5. The minimum absolute atomic E-state index is 0.0634. The number of ether oxygens (including phenoxy) is 1. The molecular formula is C12H12O6. The average Bonchev–Trinajstić information content (AvgIpc) is 2.37. The van der Waals surface area contributed by atoms with Gasteiger partial charge in [0, 0.05) is 0 Å². The van der Waals surface area contributed by atoms with E-state index in [0.29, 0.717) is 0 Å². The lowest BCUT2D eigenvalue weighted by molar-refractivity contribution is -0.147. The number of rotatable bonds is 4. The van der Waals surface area contributed by atoms with Gasteiger partial charge in [-0.3, -0.25) is 0 Å². The molecule has 18 heavy (non-hydrogen) atoms. The standard InChI is InChI=1S/C12H12O6/c1-2-9(13)12(17)18-11(16)8-5-3-4-7(6-8)10(14)15/h3-6,9,13H,2H2,1H3,(H,14,15). The summed E-state index contributed by atoms with van der Waals surface area (Å²) in [6.45, 7) is 1.56. The number of carboxylic acids is 1. The predicted octanol–water partition coefficient (Wildman–Crippen LogP) is 0.839. The molecule has 0 radical (unpaired) electrons. The molecule has 0 heterocycles. The third-order valence-corrected chi connectivity index (χ3v) is 2.20. The lowest BCUT2D eigenvalue weighted by atomic mass is 10.1. The van der Waals surface area contributed by atoms with E-state index in [9.17, 15) is 14.4 Å². The Labute approximate surface area is 103 Å². The molecule has 1 rings (SSSR count). The quantitative estimate of drug-likeness (QED) is 0.608. The van der Waals surface area contributed by atoms with Crippen LogP contribution in [-0.4, -0.2) is 34.2 Å². The summed E-state index contributed by atoms with van der Waals surface area (Å²) in [4.78, 5) is 33.4. The van der Waals surface area contributed by atoms with Gasteiger partial charge in [0.05, 0.1) is 11.1 Å². The van der Waals surface area contributed by atoms with Crippen molar-refractivity contribution in [3.8, 4) is 0 Å². The van der Waals surface area contributed by atoms with Crippen molar-refractivity contribution in [3.05, 3.63) is 35.4 Å². The fourth-order valence-electron chi connectivity index (χ4n) is 1.16. The maximum Gasteiger partial charge on any atom is 0.345 e. The molecule has 0 aromatic heterocycles. The first-order chi connectivity index (χ1) is 8.45. The molecular weight excluding hydrogens is 240 g/mol. The molecule has 0 aliphatic carbocycles. The molecule has 6 nitrogen and oxygen atoms in total. The number of carboxylic acid groups (broad SMARTS) is 1. The van der Waals surface area contributed by atoms with Gasteiger partial charge in [0.25, 0.3) is 0 Å². The zero-order valence-corrected chi connectivity index (χ0v) is 9.62. The highest BCUT2D eigenvalue weighted by molar-refractivity contribution is 5.99. The second-order valence-corrected chi connectivity index (χ2v) is 3.52. The van der Waals surface area contributed by atoms with Gasteiger partial charge in [-0.15, -0.1) is 0 Å². The van der Waals surface area contributed by atoms with Gasteiger partial charge in [-0.1, -0.05) is 13.0 Å². The van der Waals surface area contributed by atoms with E-state index in [2.05, 4.69) is 4.74 Å². The van der Waals surface area contributed by atoms with Crippen molar-refractivity contribution in [2.45, 2.75) is 19.4 Å². The molecule has 0 fully saturated rings. The third kappa shape index (κ3) is 3.39. The van der Waals surface area contributed by atoms with Gasteiger partial charge in [-0.25, -0.2) is 14.4 Å². The molecule has 0 saturated carbocycles. The first-order valence-corrected chi connectivity index (χ1v) is 5.23. The van der Waals surface area contributed by atoms with Crippen LogP contribution in [0.2, 0.25) is 0 Å². The Morgan fingerprint density at radius 3 is 2.44 bits per heavy atom. The number of carbonyl (C=O) groups is 3. The van der Waals surface area contributed by atoms with Crippen LogP contribution < -0.4 is 0 Å². The second kappa shape index (κ2) is 5.92. The normalized spacial score (nSPS) is 11.7. The first kappa shape index (κ1) is 13.9. The van der Waals surface area contributed by atoms with Gasteiger partial charge in [0.15, 0.2) is 6.10 Å². The Kier molecular flexibility index (Phi) is 4.56. The van der Waals surface area contributed by atoms with E-state index in [0.717, 1.165) is 6.07 Å². The topological polar surface area (TPSA) is 101 Å². The van der Waals surface area contributed by atoms with Crippen molar-refractivity contribution in [2.24, 2.45) is 0 Å². The maximum absolute atomic E-state index is 11.5. The molecule has 0 spiro atoms. The number of benzene rings is 1. The number of carbonyl (C=O) groups excluding carboxylic acids is 2. The molecule has 2 N–H and O–H groups in total. The van der Waals surface area contributed by atoms with E-state index in [1.54, 1.807) is 6.92 Å². The molecule has 1 unspecified atom stereocenters. The fraction of sp³-hybridized carbons (Fsp3) is 0.250. The van der Waals surface area contributed by atoms with Crippen molar-refractivity contribution < 1.29 is 29.3 Å². The summed E-state index contributed by atoms with van der Waals surface area (Å²) in [5.41, 5.74) is -0.153. The van der Waals surface area contributed by atoms with Crippen LogP contribution in [0.15, 0.2) is 24.3 Å². The van der Waals surface area contributed by atoms with E-state index >= 15 is 0 Å². The van der Waals surface area contributed by atoms with E-state index in [1.165, 1.54) is 18.2 Å². The predicted molar refractivity (Wildman–Crippen MR) is 60.1 cm³/mol. The van der Waals surface area contributed by atoms with Gasteiger partial charge < -0.3 is 14.9 Å². The summed E-state index contributed by atoms with van der Waals surface area (Å²) in [5, 5.41) is 17.9. The van der Waals surface area contributed by atoms with E-state index in [4.69, 9.17) is 10.2 Å². The molecule has 0 amide bonds. The average molecular weight is 252 g/mol. The lowest BCUT2D eigenvalue weighted by Crippen LogP contribution is -2.25. The summed E-state index contributed by atoms with van der Waals surface area (Å²) >= 11 is 0. The zero-order valence-electron chi connectivity index (χ0n) is 9.62. The van der Waals surface area contributed by atoms with Gasteiger partial charge in [0.1, 0.15) is 0 Å². The van der Waals surface area contributed by atoms with Crippen LogP contribution in [0.4, 0.5) is 0 Å². The van der Waals surface area contributed by atoms with Crippen LogP contribution in [-0.2, 0) is 9.53 Å². The summed E-state index contributed by atoms with van der Waals surface area (Å²) in [7, 11) is 0. The van der Waals surface area contributed by atoms with Crippen molar-refractivity contribution in [1.29, 1.82) is 0 Å². The fourth-order valence-corrected chi connectivity index (χ4v) is 1.16. The molecule has 0 aliphatic rings. The Bertz CT molecular complexity index is 479. The van der Waals surface area contributed by atoms with Crippen molar-refractivity contribution in [3.63, 3.8) is 0 Å². The smallest absolute Gasteiger partial charge is 0.345 e. The van der Waals surface area contributed by atoms with Crippen molar-refractivity contribution >= 4 is 17.9 Å². The Morgan fingerprint density at radius 1 is 1.28 bits per heavy atom. The minimum atomic E-state index is -1.36. The number of aliphatic hydroxyl groups excluding tert-OH is 1. The van der Waals surface area contributed by atoms with Crippen LogP contribution in [0.3, 0.4) is 0 Å². The minimum Gasteiger partial charge on any atom is -0.478 e. The number of aliphatic hydroxyl groups is 1. The van der Waals surface area contributed by atoms with Gasteiger partial charge in [-0.05, 0) is 24.6 Å². The van der Waals surface area contributed by atoms with E-state index in [-0.39, 0.29) is 17.5 Å². The number of aromatic carboxylic acids is 1. The summed E-state index contributed by atoms with van der Waals surface area (Å²) in [5.74, 6) is -3.23.